The third-order valence-electron chi connectivity index (χ3n) is 3.98. The second-order valence-corrected chi connectivity index (χ2v) is 9.08. The molecule has 1 aromatic rings. The number of hydrogen-bond acceptors (Lipinski definition) is 4. The Balaban J connectivity index is 0.00000264. The lowest BCUT2D eigenvalue weighted by Gasteiger charge is -2.29. The molecule has 0 aliphatic heterocycles. The molecule has 0 heterocycles. The van der Waals surface area contributed by atoms with Gasteiger partial charge in [-0.25, -0.2) is 8.42 Å². The predicted octanol–water partition coefficient (Wildman–Crippen LogP) is 2.03. The van der Waals surface area contributed by atoms with E-state index in [1.807, 2.05) is 6.92 Å². The van der Waals surface area contributed by atoms with Gasteiger partial charge >= 0.3 is 0 Å². The fourth-order valence-corrected chi connectivity index (χ4v) is 4.02. The van der Waals surface area contributed by atoms with Crippen LogP contribution in [0.25, 0.3) is 0 Å². The van der Waals surface area contributed by atoms with E-state index in [2.05, 4.69) is 21.2 Å². The molecular formula is C15H22BrClN2O3S. The van der Waals surface area contributed by atoms with E-state index in [9.17, 15) is 13.2 Å². The average Bonchev–Trinajstić information content (AvgIpc) is 3.25. The Labute approximate surface area is 151 Å². The van der Waals surface area contributed by atoms with E-state index in [1.165, 1.54) is 0 Å². The first kappa shape index (κ1) is 20.4. The minimum atomic E-state index is -3.50. The van der Waals surface area contributed by atoms with E-state index < -0.39 is 27.0 Å². The first-order valence-corrected chi connectivity index (χ1v) is 9.81. The standard InChI is InChI=1S/C15H21BrN2O3S.ClH/c1-15(10-17,12-4-5-12)18-14(19)9-22(20,21)8-11-2-6-13(16)7-3-11;/h2-3,6-7,12H,4-5,8-10,17H2,1H3,(H,18,19);1H. The van der Waals surface area contributed by atoms with E-state index in [1.54, 1.807) is 24.3 Å². The summed E-state index contributed by atoms with van der Waals surface area (Å²) in [6.45, 7) is 2.19. The van der Waals surface area contributed by atoms with Gasteiger partial charge in [0.15, 0.2) is 9.84 Å². The Morgan fingerprint density at radius 3 is 2.39 bits per heavy atom. The van der Waals surface area contributed by atoms with Crippen LogP contribution in [0.1, 0.15) is 25.3 Å². The van der Waals surface area contributed by atoms with Crippen LogP contribution in [0, 0.1) is 5.92 Å². The number of halogens is 2. The lowest BCUT2D eigenvalue weighted by atomic mass is 9.96. The molecule has 1 amide bonds. The first-order chi connectivity index (χ1) is 10.2. The Hall–Kier alpha value is -0.630. The van der Waals surface area contributed by atoms with Gasteiger partial charge in [-0.05, 0) is 43.4 Å². The highest BCUT2D eigenvalue weighted by Crippen LogP contribution is 2.38. The molecule has 5 nitrogen and oxygen atoms in total. The monoisotopic (exact) mass is 424 g/mol. The summed E-state index contributed by atoms with van der Waals surface area (Å²) in [5.74, 6) is -0.769. The van der Waals surface area contributed by atoms with Gasteiger partial charge in [-0.1, -0.05) is 28.1 Å². The summed E-state index contributed by atoms with van der Waals surface area (Å²) in [6, 6.07) is 7.02. The van der Waals surface area contributed by atoms with Crippen molar-refractivity contribution in [3.05, 3.63) is 34.3 Å². The second-order valence-electron chi connectivity index (χ2n) is 6.10. The number of carbonyl (C=O) groups is 1. The molecular weight excluding hydrogens is 404 g/mol. The molecule has 0 aromatic heterocycles. The van der Waals surface area contributed by atoms with Crippen molar-refractivity contribution >= 4 is 44.1 Å². The molecule has 0 bridgehead atoms. The summed E-state index contributed by atoms with van der Waals surface area (Å²) in [6.07, 6.45) is 2.05. The molecule has 1 unspecified atom stereocenters. The first-order valence-electron chi connectivity index (χ1n) is 7.20. The van der Waals surface area contributed by atoms with Crippen molar-refractivity contribution in [2.24, 2.45) is 11.7 Å². The van der Waals surface area contributed by atoms with Crippen molar-refractivity contribution in [1.29, 1.82) is 0 Å². The molecule has 1 atom stereocenters. The molecule has 130 valence electrons. The Morgan fingerprint density at radius 2 is 1.91 bits per heavy atom. The van der Waals surface area contributed by atoms with Gasteiger partial charge in [0.05, 0.1) is 11.3 Å². The van der Waals surface area contributed by atoms with E-state index in [0.29, 0.717) is 18.0 Å². The van der Waals surface area contributed by atoms with Gasteiger partial charge in [-0.3, -0.25) is 4.79 Å². The van der Waals surface area contributed by atoms with Crippen LogP contribution in [0.2, 0.25) is 0 Å². The van der Waals surface area contributed by atoms with Crippen LogP contribution in [-0.4, -0.2) is 32.2 Å². The predicted molar refractivity (Wildman–Crippen MR) is 97.2 cm³/mol. The highest BCUT2D eigenvalue weighted by Gasteiger charge is 2.41. The van der Waals surface area contributed by atoms with Gasteiger partial charge < -0.3 is 11.1 Å². The normalized spacial score (nSPS) is 17.0. The smallest absolute Gasteiger partial charge is 0.235 e. The Morgan fingerprint density at radius 1 is 1.35 bits per heavy atom. The van der Waals surface area contributed by atoms with Gasteiger partial charge in [-0.15, -0.1) is 12.4 Å². The molecule has 0 radical (unpaired) electrons. The van der Waals surface area contributed by atoms with E-state index in [4.69, 9.17) is 5.73 Å². The maximum Gasteiger partial charge on any atom is 0.235 e. The largest absolute Gasteiger partial charge is 0.349 e. The highest BCUT2D eigenvalue weighted by molar-refractivity contribution is 9.10. The number of rotatable bonds is 7. The number of nitrogens with two attached hydrogens (primary N) is 1. The molecule has 1 aromatic carbocycles. The third-order valence-corrected chi connectivity index (χ3v) is 5.98. The van der Waals surface area contributed by atoms with Crippen molar-refractivity contribution in [2.75, 3.05) is 12.3 Å². The quantitative estimate of drug-likeness (QED) is 0.699. The van der Waals surface area contributed by atoms with Crippen molar-refractivity contribution in [3.63, 3.8) is 0 Å². The van der Waals surface area contributed by atoms with Crippen LogP contribution in [0.5, 0.6) is 0 Å². The zero-order valence-corrected chi connectivity index (χ0v) is 16.1. The second kappa shape index (κ2) is 7.96. The third kappa shape index (κ3) is 6.06. The number of hydrogen-bond donors (Lipinski definition) is 2. The molecule has 0 spiro atoms. The van der Waals surface area contributed by atoms with Gasteiger partial charge in [0.25, 0.3) is 0 Å². The van der Waals surface area contributed by atoms with Crippen molar-refractivity contribution < 1.29 is 13.2 Å². The summed E-state index contributed by atoms with van der Waals surface area (Å²) in [7, 11) is -3.50. The maximum atomic E-state index is 12.2. The van der Waals surface area contributed by atoms with Crippen LogP contribution in [-0.2, 0) is 20.4 Å². The van der Waals surface area contributed by atoms with Crippen LogP contribution in [0.3, 0.4) is 0 Å². The van der Waals surface area contributed by atoms with E-state index in [-0.39, 0.29) is 18.2 Å². The van der Waals surface area contributed by atoms with Gasteiger partial charge in [0, 0.05) is 11.0 Å². The fraction of sp³-hybridized carbons (Fsp3) is 0.533. The molecule has 1 aliphatic carbocycles. The molecule has 23 heavy (non-hydrogen) atoms. The molecule has 1 aliphatic rings. The molecule has 3 N–H and O–H groups in total. The maximum absolute atomic E-state index is 12.2. The minimum absolute atomic E-state index is 0. The van der Waals surface area contributed by atoms with E-state index in [0.717, 1.165) is 17.3 Å². The SMILES string of the molecule is CC(CN)(NC(=O)CS(=O)(=O)Cc1ccc(Br)cc1)C1CC1.Cl. The molecule has 8 heteroatoms. The number of sulfone groups is 1. The molecule has 1 fully saturated rings. The van der Waals surface area contributed by atoms with Gasteiger partial charge in [0.1, 0.15) is 5.75 Å². The summed E-state index contributed by atoms with van der Waals surface area (Å²) < 4.78 is 25.2. The van der Waals surface area contributed by atoms with Crippen LogP contribution >= 0.6 is 28.3 Å². The van der Waals surface area contributed by atoms with E-state index >= 15 is 0 Å². The van der Waals surface area contributed by atoms with Crippen LogP contribution in [0.15, 0.2) is 28.7 Å². The summed E-state index contributed by atoms with van der Waals surface area (Å²) in [4.78, 5) is 12.1. The summed E-state index contributed by atoms with van der Waals surface area (Å²) in [5, 5.41) is 2.81. The minimum Gasteiger partial charge on any atom is -0.349 e. The van der Waals surface area contributed by atoms with Crippen molar-refractivity contribution in [2.45, 2.75) is 31.1 Å². The molecule has 1 saturated carbocycles. The fourth-order valence-electron chi connectivity index (χ4n) is 2.48. The number of benzene rings is 1. The zero-order valence-electron chi connectivity index (χ0n) is 12.9. The average molecular weight is 426 g/mol. The molecule has 0 saturated heterocycles. The van der Waals surface area contributed by atoms with Crippen molar-refractivity contribution in [1.82, 2.24) is 5.32 Å². The number of carbonyl (C=O) groups excluding carboxylic acids is 1. The summed E-state index contributed by atoms with van der Waals surface area (Å²) >= 11 is 3.30. The number of amides is 1. The lowest BCUT2D eigenvalue weighted by molar-refractivity contribution is -0.120. The Kier molecular flexibility index (Phi) is 7.07. The Bertz CT molecular complexity index is 647. The van der Waals surface area contributed by atoms with Gasteiger partial charge in [-0.2, -0.15) is 0 Å². The number of nitrogens with one attached hydrogen (secondary N) is 1. The summed E-state index contributed by atoms with van der Waals surface area (Å²) in [5.41, 5.74) is 5.90. The lowest BCUT2D eigenvalue weighted by Crippen LogP contribution is -2.54. The zero-order chi connectivity index (χ0) is 16.4. The topological polar surface area (TPSA) is 89.3 Å². The van der Waals surface area contributed by atoms with Crippen molar-refractivity contribution in [3.8, 4) is 0 Å². The highest BCUT2D eigenvalue weighted by atomic mass is 79.9. The van der Waals surface area contributed by atoms with Crippen LogP contribution in [0.4, 0.5) is 0 Å². The molecule has 2 rings (SSSR count). The van der Waals surface area contributed by atoms with Gasteiger partial charge in [0.2, 0.25) is 5.91 Å². The van der Waals surface area contributed by atoms with Crippen LogP contribution < -0.4 is 11.1 Å².